The maximum atomic E-state index is 12.2. The molecule has 1 aromatic heterocycles. The van der Waals surface area contributed by atoms with Gasteiger partial charge in [0.25, 0.3) is 0 Å². The van der Waals surface area contributed by atoms with E-state index in [4.69, 9.17) is 16.3 Å². The number of H-pyrrole nitrogens is 1. The summed E-state index contributed by atoms with van der Waals surface area (Å²) in [6.45, 7) is 0.668. The summed E-state index contributed by atoms with van der Waals surface area (Å²) in [7, 11) is 0. The number of carbonyl (C=O) groups is 1. The Balaban J connectivity index is 1.40. The van der Waals surface area contributed by atoms with Gasteiger partial charge >= 0.3 is 5.97 Å². The van der Waals surface area contributed by atoms with Crippen molar-refractivity contribution in [1.82, 2.24) is 10.3 Å². The molecular weight excluding hydrogens is 460 g/mol. The Kier molecular flexibility index (Phi) is 6.70. The zero-order valence-electron chi connectivity index (χ0n) is 19.0. The standard InChI is InChI=1S/C29H25ClN2O3/c30-25-11-5-2-8-20(25)18-35-28-14-13-19-7-1-3-9-22(19)24(28)17-32-27(29(33)34)15-21-16-31-26-12-6-4-10-23(21)26/h1-14,16,27,31-32H,15,17-18H2,(H,33,34)/t27-/m1/s1. The molecule has 0 saturated heterocycles. The van der Waals surface area contributed by atoms with E-state index in [1.54, 1.807) is 0 Å². The second-order valence-electron chi connectivity index (χ2n) is 8.48. The molecule has 4 aromatic carbocycles. The minimum absolute atomic E-state index is 0.322. The van der Waals surface area contributed by atoms with Gasteiger partial charge in [-0.25, -0.2) is 0 Å². The van der Waals surface area contributed by atoms with E-state index in [1.165, 1.54) is 0 Å². The summed E-state index contributed by atoms with van der Waals surface area (Å²) in [6.07, 6.45) is 2.25. The number of hydrogen-bond acceptors (Lipinski definition) is 3. The van der Waals surface area contributed by atoms with E-state index < -0.39 is 12.0 Å². The Labute approximate surface area is 208 Å². The molecule has 0 saturated carbocycles. The minimum Gasteiger partial charge on any atom is -0.488 e. The number of carboxylic acids is 1. The summed E-state index contributed by atoms with van der Waals surface area (Å²) in [5.74, 6) is -0.193. The molecule has 0 bridgehead atoms. The highest BCUT2D eigenvalue weighted by Gasteiger charge is 2.21. The minimum atomic E-state index is -0.894. The maximum Gasteiger partial charge on any atom is 0.321 e. The normalized spacial score (nSPS) is 12.1. The molecule has 1 heterocycles. The summed E-state index contributed by atoms with van der Waals surface area (Å²) in [5, 5.41) is 17.0. The third kappa shape index (κ3) is 5.02. The zero-order valence-corrected chi connectivity index (χ0v) is 19.8. The van der Waals surface area contributed by atoms with Crippen LogP contribution in [0.1, 0.15) is 16.7 Å². The van der Waals surface area contributed by atoms with E-state index in [0.717, 1.165) is 38.4 Å². The predicted molar refractivity (Wildman–Crippen MR) is 140 cm³/mol. The number of aliphatic carboxylic acids is 1. The van der Waals surface area contributed by atoms with Crippen LogP contribution in [0, 0.1) is 0 Å². The first kappa shape index (κ1) is 23.0. The van der Waals surface area contributed by atoms with Crippen molar-refractivity contribution in [2.75, 3.05) is 0 Å². The molecule has 3 N–H and O–H groups in total. The van der Waals surface area contributed by atoms with Crippen molar-refractivity contribution < 1.29 is 14.6 Å². The molecule has 5 nitrogen and oxygen atoms in total. The SMILES string of the molecule is O=C(O)[C@@H](Cc1c[nH]c2ccccc12)NCc1c(OCc2ccccc2Cl)ccc2ccccc12. The second-order valence-corrected chi connectivity index (χ2v) is 8.89. The molecule has 0 aliphatic rings. The number of ether oxygens (including phenoxy) is 1. The van der Waals surface area contributed by atoms with Crippen LogP contribution in [-0.2, 0) is 24.4 Å². The highest BCUT2D eigenvalue weighted by Crippen LogP contribution is 2.30. The third-order valence-electron chi connectivity index (χ3n) is 6.26. The Bertz CT molecular complexity index is 1490. The fourth-order valence-electron chi connectivity index (χ4n) is 4.40. The number of aromatic nitrogens is 1. The number of carboxylic acid groups (broad SMARTS) is 1. The van der Waals surface area contributed by atoms with Crippen LogP contribution in [0.5, 0.6) is 5.75 Å². The molecule has 1 atom stereocenters. The highest BCUT2D eigenvalue weighted by molar-refractivity contribution is 6.31. The van der Waals surface area contributed by atoms with Crippen LogP contribution in [0.2, 0.25) is 5.02 Å². The van der Waals surface area contributed by atoms with E-state index in [9.17, 15) is 9.90 Å². The molecule has 0 amide bonds. The molecule has 0 unspecified atom stereocenters. The maximum absolute atomic E-state index is 12.2. The van der Waals surface area contributed by atoms with Gasteiger partial charge in [-0.05, 0) is 34.5 Å². The van der Waals surface area contributed by atoms with Crippen molar-refractivity contribution in [3.8, 4) is 5.75 Å². The van der Waals surface area contributed by atoms with Crippen molar-refractivity contribution in [3.05, 3.63) is 113 Å². The first-order chi connectivity index (χ1) is 17.1. The lowest BCUT2D eigenvalue weighted by molar-refractivity contribution is -0.139. The van der Waals surface area contributed by atoms with Gasteiger partial charge in [0.05, 0.1) is 0 Å². The fraction of sp³-hybridized carbons (Fsp3) is 0.138. The van der Waals surface area contributed by atoms with Crippen molar-refractivity contribution in [1.29, 1.82) is 0 Å². The van der Waals surface area contributed by atoms with Gasteiger partial charge in [-0.3, -0.25) is 10.1 Å². The number of aromatic amines is 1. The largest absolute Gasteiger partial charge is 0.488 e. The van der Waals surface area contributed by atoms with Crippen LogP contribution in [0.4, 0.5) is 0 Å². The monoisotopic (exact) mass is 484 g/mol. The predicted octanol–water partition coefficient (Wildman–Crippen LogP) is 6.34. The van der Waals surface area contributed by atoms with Gasteiger partial charge in [-0.1, -0.05) is 78.3 Å². The average Bonchev–Trinajstić information content (AvgIpc) is 3.29. The lowest BCUT2D eigenvalue weighted by Crippen LogP contribution is -2.38. The zero-order chi connectivity index (χ0) is 24.2. The molecule has 0 radical (unpaired) electrons. The topological polar surface area (TPSA) is 74.3 Å². The molecule has 0 aliphatic carbocycles. The number of benzene rings is 4. The summed E-state index contributed by atoms with van der Waals surface area (Å²) in [4.78, 5) is 15.4. The van der Waals surface area contributed by atoms with Crippen LogP contribution < -0.4 is 10.1 Å². The van der Waals surface area contributed by atoms with E-state index in [0.29, 0.717) is 30.3 Å². The lowest BCUT2D eigenvalue weighted by atomic mass is 10.0. The van der Waals surface area contributed by atoms with E-state index >= 15 is 0 Å². The first-order valence-corrected chi connectivity index (χ1v) is 11.9. The van der Waals surface area contributed by atoms with Gasteiger partial charge in [0.1, 0.15) is 18.4 Å². The summed E-state index contributed by atoms with van der Waals surface area (Å²) < 4.78 is 6.19. The molecule has 176 valence electrons. The van der Waals surface area contributed by atoms with Crippen LogP contribution in [0.3, 0.4) is 0 Å². The van der Waals surface area contributed by atoms with Gasteiger partial charge in [-0.2, -0.15) is 0 Å². The molecule has 0 aliphatic heterocycles. The Hall–Kier alpha value is -3.80. The molecule has 5 rings (SSSR count). The highest BCUT2D eigenvalue weighted by atomic mass is 35.5. The molecule has 35 heavy (non-hydrogen) atoms. The van der Waals surface area contributed by atoms with Crippen LogP contribution in [0.15, 0.2) is 91.1 Å². The summed E-state index contributed by atoms with van der Waals surface area (Å²) >= 11 is 6.31. The molecule has 5 aromatic rings. The number of rotatable bonds is 9. The van der Waals surface area contributed by atoms with Crippen molar-refractivity contribution >= 4 is 39.2 Å². The number of fused-ring (bicyclic) bond motifs is 2. The molecule has 6 heteroatoms. The lowest BCUT2D eigenvalue weighted by Gasteiger charge is -2.18. The van der Waals surface area contributed by atoms with Crippen LogP contribution in [0.25, 0.3) is 21.7 Å². The molecular formula is C29H25ClN2O3. The third-order valence-corrected chi connectivity index (χ3v) is 6.63. The van der Waals surface area contributed by atoms with E-state index in [-0.39, 0.29) is 0 Å². The van der Waals surface area contributed by atoms with Gasteiger partial charge in [0.15, 0.2) is 0 Å². The molecule has 0 fully saturated rings. The first-order valence-electron chi connectivity index (χ1n) is 11.5. The van der Waals surface area contributed by atoms with Crippen LogP contribution >= 0.6 is 11.6 Å². The van der Waals surface area contributed by atoms with Crippen molar-refractivity contribution in [2.45, 2.75) is 25.6 Å². The van der Waals surface area contributed by atoms with Gasteiger partial charge in [-0.15, -0.1) is 0 Å². The van der Waals surface area contributed by atoms with Gasteiger partial charge < -0.3 is 14.8 Å². The Morgan fingerprint density at radius 1 is 0.914 bits per heavy atom. The summed E-state index contributed by atoms with van der Waals surface area (Å²) in [6, 6.07) is 26.7. The summed E-state index contributed by atoms with van der Waals surface area (Å²) in [5.41, 5.74) is 3.77. The smallest absolute Gasteiger partial charge is 0.321 e. The van der Waals surface area contributed by atoms with Crippen molar-refractivity contribution in [3.63, 3.8) is 0 Å². The Morgan fingerprint density at radius 2 is 1.66 bits per heavy atom. The fourth-order valence-corrected chi connectivity index (χ4v) is 4.59. The Morgan fingerprint density at radius 3 is 2.49 bits per heavy atom. The number of nitrogens with one attached hydrogen (secondary N) is 2. The van der Waals surface area contributed by atoms with E-state index in [2.05, 4.69) is 10.3 Å². The van der Waals surface area contributed by atoms with E-state index in [1.807, 2.05) is 91.1 Å². The van der Waals surface area contributed by atoms with Gasteiger partial charge in [0, 0.05) is 46.2 Å². The molecule has 0 spiro atoms. The number of hydrogen-bond donors (Lipinski definition) is 3. The van der Waals surface area contributed by atoms with Crippen molar-refractivity contribution in [2.24, 2.45) is 0 Å². The number of halogens is 1. The second kappa shape index (κ2) is 10.2. The average molecular weight is 485 g/mol. The number of para-hydroxylation sites is 1. The quantitative estimate of drug-likeness (QED) is 0.228. The van der Waals surface area contributed by atoms with Crippen LogP contribution in [-0.4, -0.2) is 22.1 Å². The van der Waals surface area contributed by atoms with Gasteiger partial charge in [0.2, 0.25) is 0 Å².